The van der Waals surface area contributed by atoms with E-state index in [4.69, 9.17) is 0 Å². The molecule has 0 saturated heterocycles. The summed E-state index contributed by atoms with van der Waals surface area (Å²) < 4.78 is 13.1. The molecule has 0 radical (unpaired) electrons. The summed E-state index contributed by atoms with van der Waals surface area (Å²) >= 11 is 1.56. The first-order valence-corrected chi connectivity index (χ1v) is 6.04. The molecule has 4 heteroatoms. The van der Waals surface area contributed by atoms with Gasteiger partial charge >= 0.3 is 0 Å². The van der Waals surface area contributed by atoms with Crippen molar-refractivity contribution in [2.45, 2.75) is 13.8 Å². The highest BCUT2D eigenvalue weighted by atomic mass is 32.1. The van der Waals surface area contributed by atoms with Crippen LogP contribution in [-0.4, -0.2) is 11.5 Å². The van der Waals surface area contributed by atoms with Gasteiger partial charge in [-0.15, -0.1) is 11.3 Å². The fraction of sp³-hybridized carbons (Fsp3) is 0.250. The maximum atomic E-state index is 13.1. The van der Waals surface area contributed by atoms with Crippen LogP contribution in [0.4, 0.5) is 9.52 Å². The number of thiazole rings is 1. The Labute approximate surface area is 98.2 Å². The Morgan fingerprint density at radius 2 is 2.25 bits per heavy atom. The minimum atomic E-state index is -0.175. The number of benzene rings is 1. The fourth-order valence-electron chi connectivity index (χ4n) is 1.44. The van der Waals surface area contributed by atoms with E-state index in [1.807, 2.05) is 18.4 Å². The summed E-state index contributed by atoms with van der Waals surface area (Å²) in [6, 6.07) is 5.06. The molecule has 0 aliphatic carbocycles. The van der Waals surface area contributed by atoms with Crippen molar-refractivity contribution in [1.82, 2.24) is 4.98 Å². The number of nitrogens with one attached hydrogen (secondary N) is 1. The van der Waals surface area contributed by atoms with Crippen molar-refractivity contribution in [3.8, 4) is 11.3 Å². The Morgan fingerprint density at radius 1 is 1.44 bits per heavy atom. The Hall–Kier alpha value is -1.42. The summed E-state index contributed by atoms with van der Waals surface area (Å²) in [5.41, 5.74) is 2.50. The van der Waals surface area contributed by atoms with Gasteiger partial charge in [0.05, 0.1) is 5.69 Å². The topological polar surface area (TPSA) is 24.9 Å². The second-order valence-corrected chi connectivity index (χ2v) is 4.39. The summed E-state index contributed by atoms with van der Waals surface area (Å²) in [5.74, 6) is -0.175. The number of anilines is 1. The van der Waals surface area contributed by atoms with Crippen LogP contribution < -0.4 is 5.32 Å². The van der Waals surface area contributed by atoms with Crippen LogP contribution in [0.2, 0.25) is 0 Å². The molecule has 2 nitrogen and oxygen atoms in total. The van der Waals surface area contributed by atoms with Crippen molar-refractivity contribution < 1.29 is 4.39 Å². The molecule has 0 spiro atoms. The van der Waals surface area contributed by atoms with Crippen LogP contribution in [0.3, 0.4) is 0 Å². The van der Waals surface area contributed by atoms with Crippen LogP contribution in [0.5, 0.6) is 0 Å². The van der Waals surface area contributed by atoms with Crippen molar-refractivity contribution in [2.75, 3.05) is 11.9 Å². The van der Waals surface area contributed by atoms with E-state index in [0.29, 0.717) is 5.56 Å². The maximum Gasteiger partial charge on any atom is 0.183 e. The van der Waals surface area contributed by atoms with Crippen LogP contribution in [0.25, 0.3) is 11.3 Å². The van der Waals surface area contributed by atoms with E-state index >= 15 is 0 Å². The van der Waals surface area contributed by atoms with Gasteiger partial charge in [-0.05, 0) is 37.6 Å². The van der Waals surface area contributed by atoms with E-state index in [-0.39, 0.29) is 5.82 Å². The molecule has 84 valence electrons. The van der Waals surface area contributed by atoms with E-state index < -0.39 is 0 Å². The van der Waals surface area contributed by atoms with Gasteiger partial charge in [0.25, 0.3) is 0 Å². The molecular weight excluding hydrogens is 223 g/mol. The number of hydrogen-bond acceptors (Lipinski definition) is 3. The highest BCUT2D eigenvalue weighted by molar-refractivity contribution is 7.14. The molecule has 0 aliphatic rings. The minimum absolute atomic E-state index is 0.175. The zero-order valence-corrected chi connectivity index (χ0v) is 10.1. The van der Waals surface area contributed by atoms with Gasteiger partial charge in [0, 0.05) is 17.5 Å². The van der Waals surface area contributed by atoms with Gasteiger partial charge in [-0.3, -0.25) is 0 Å². The third-order valence-electron chi connectivity index (χ3n) is 2.29. The largest absolute Gasteiger partial charge is 0.362 e. The highest BCUT2D eigenvalue weighted by Gasteiger charge is 2.05. The molecule has 2 aromatic rings. The predicted octanol–water partition coefficient (Wildman–Crippen LogP) is 3.69. The van der Waals surface area contributed by atoms with Gasteiger partial charge in [0.15, 0.2) is 5.13 Å². The maximum absolute atomic E-state index is 13.1. The molecule has 0 aliphatic heterocycles. The van der Waals surface area contributed by atoms with Crippen LogP contribution in [0.1, 0.15) is 12.5 Å². The van der Waals surface area contributed by atoms with E-state index in [2.05, 4.69) is 10.3 Å². The third-order valence-corrected chi connectivity index (χ3v) is 3.09. The first kappa shape index (κ1) is 11.1. The van der Waals surface area contributed by atoms with Crippen LogP contribution in [0.15, 0.2) is 23.6 Å². The first-order valence-electron chi connectivity index (χ1n) is 5.16. The average Bonchev–Trinajstić information content (AvgIpc) is 2.71. The number of hydrogen-bond donors (Lipinski definition) is 1. The highest BCUT2D eigenvalue weighted by Crippen LogP contribution is 2.25. The molecule has 0 atom stereocenters. The molecule has 0 bridgehead atoms. The van der Waals surface area contributed by atoms with Gasteiger partial charge < -0.3 is 5.32 Å². The smallest absolute Gasteiger partial charge is 0.183 e. The monoisotopic (exact) mass is 236 g/mol. The summed E-state index contributed by atoms with van der Waals surface area (Å²) in [4.78, 5) is 4.43. The lowest BCUT2D eigenvalue weighted by Crippen LogP contribution is -1.95. The van der Waals surface area contributed by atoms with Crippen LogP contribution >= 0.6 is 11.3 Å². The molecule has 1 aromatic carbocycles. The molecule has 0 fully saturated rings. The summed E-state index contributed by atoms with van der Waals surface area (Å²) in [7, 11) is 0. The number of aromatic nitrogens is 1. The SMILES string of the molecule is CCNc1nc(-c2ccc(F)c(C)c2)cs1. The van der Waals surface area contributed by atoms with Crippen molar-refractivity contribution in [3.05, 3.63) is 35.0 Å². The summed E-state index contributed by atoms with van der Waals surface area (Å²) in [6.45, 7) is 4.65. The summed E-state index contributed by atoms with van der Waals surface area (Å²) in [5, 5.41) is 6.04. The Morgan fingerprint density at radius 3 is 2.94 bits per heavy atom. The molecule has 1 N–H and O–H groups in total. The fourth-order valence-corrected chi connectivity index (χ4v) is 2.23. The molecule has 0 unspecified atom stereocenters. The van der Waals surface area contributed by atoms with Crippen molar-refractivity contribution in [1.29, 1.82) is 0 Å². The Kier molecular flexibility index (Phi) is 3.19. The van der Waals surface area contributed by atoms with Crippen molar-refractivity contribution >= 4 is 16.5 Å². The van der Waals surface area contributed by atoms with E-state index in [9.17, 15) is 4.39 Å². The molecule has 0 saturated carbocycles. The standard InChI is InChI=1S/C12H13FN2S/c1-3-14-12-15-11(7-16-12)9-4-5-10(13)8(2)6-9/h4-7H,3H2,1-2H3,(H,14,15). The molecule has 16 heavy (non-hydrogen) atoms. The number of rotatable bonds is 3. The van der Waals surface area contributed by atoms with Gasteiger partial charge in [0.2, 0.25) is 0 Å². The van der Waals surface area contributed by atoms with Gasteiger partial charge in [-0.2, -0.15) is 0 Å². The normalized spacial score (nSPS) is 10.4. The number of aryl methyl sites for hydroxylation is 1. The second kappa shape index (κ2) is 4.61. The quantitative estimate of drug-likeness (QED) is 0.879. The van der Waals surface area contributed by atoms with E-state index in [1.54, 1.807) is 24.3 Å². The van der Waals surface area contributed by atoms with E-state index in [0.717, 1.165) is 22.9 Å². The zero-order chi connectivity index (χ0) is 11.5. The van der Waals surface area contributed by atoms with Gasteiger partial charge in [-0.1, -0.05) is 0 Å². The minimum Gasteiger partial charge on any atom is -0.362 e. The van der Waals surface area contributed by atoms with Gasteiger partial charge in [0.1, 0.15) is 5.82 Å². The van der Waals surface area contributed by atoms with Crippen molar-refractivity contribution in [2.24, 2.45) is 0 Å². The lowest BCUT2D eigenvalue weighted by Gasteiger charge is -2.00. The Bertz CT molecular complexity index is 494. The zero-order valence-electron chi connectivity index (χ0n) is 9.25. The van der Waals surface area contributed by atoms with E-state index in [1.165, 1.54) is 6.07 Å². The first-order chi connectivity index (χ1) is 7.70. The molecular formula is C12H13FN2S. The molecule has 1 aromatic heterocycles. The second-order valence-electron chi connectivity index (χ2n) is 3.53. The lowest BCUT2D eigenvalue weighted by molar-refractivity contribution is 0.619. The van der Waals surface area contributed by atoms with Crippen LogP contribution in [-0.2, 0) is 0 Å². The molecule has 2 rings (SSSR count). The molecule has 0 amide bonds. The third kappa shape index (κ3) is 2.22. The number of halogens is 1. The van der Waals surface area contributed by atoms with Crippen molar-refractivity contribution in [3.63, 3.8) is 0 Å². The Balaban J connectivity index is 2.31. The average molecular weight is 236 g/mol. The van der Waals surface area contributed by atoms with Crippen LogP contribution in [0, 0.1) is 12.7 Å². The summed E-state index contributed by atoms with van der Waals surface area (Å²) in [6.07, 6.45) is 0. The number of nitrogens with zero attached hydrogens (tertiary/aromatic N) is 1. The lowest BCUT2D eigenvalue weighted by atomic mass is 10.1. The van der Waals surface area contributed by atoms with Gasteiger partial charge in [-0.25, -0.2) is 9.37 Å². The molecule has 1 heterocycles. The predicted molar refractivity (Wildman–Crippen MR) is 66.4 cm³/mol.